The van der Waals surface area contributed by atoms with Crippen LogP contribution in [0.2, 0.25) is 5.02 Å². The molecule has 0 N–H and O–H groups in total. The van der Waals surface area contributed by atoms with Gasteiger partial charge in [-0.3, -0.25) is 13.9 Å². The SMILES string of the molecule is Cn1c(=O)n(C)c2c(Cl)cc(C=O)cc21. The first-order chi connectivity index (χ1) is 7.06. The summed E-state index contributed by atoms with van der Waals surface area (Å²) in [5, 5.41) is 0.412. The Morgan fingerprint density at radius 1 is 1.27 bits per heavy atom. The number of benzene rings is 1. The van der Waals surface area contributed by atoms with Crippen molar-refractivity contribution in [3.05, 3.63) is 33.2 Å². The molecule has 1 aromatic heterocycles. The minimum absolute atomic E-state index is 0.157. The average molecular weight is 225 g/mol. The van der Waals surface area contributed by atoms with Gasteiger partial charge in [0.25, 0.3) is 0 Å². The summed E-state index contributed by atoms with van der Waals surface area (Å²) in [6.45, 7) is 0. The molecule has 2 rings (SSSR count). The number of halogens is 1. The number of rotatable bonds is 1. The smallest absolute Gasteiger partial charge is 0.298 e. The Kier molecular flexibility index (Phi) is 2.16. The van der Waals surface area contributed by atoms with Crippen molar-refractivity contribution in [3.63, 3.8) is 0 Å². The molecule has 1 heterocycles. The van der Waals surface area contributed by atoms with E-state index in [-0.39, 0.29) is 5.69 Å². The molecule has 0 spiro atoms. The van der Waals surface area contributed by atoms with Gasteiger partial charge in [0, 0.05) is 19.7 Å². The second-order valence-corrected chi connectivity index (χ2v) is 3.80. The van der Waals surface area contributed by atoms with Crippen molar-refractivity contribution in [1.82, 2.24) is 9.13 Å². The largest absolute Gasteiger partial charge is 0.328 e. The van der Waals surface area contributed by atoms with Gasteiger partial charge in [-0.15, -0.1) is 0 Å². The van der Waals surface area contributed by atoms with Crippen LogP contribution in [0.1, 0.15) is 10.4 Å². The fourth-order valence-corrected chi connectivity index (χ4v) is 2.03. The summed E-state index contributed by atoms with van der Waals surface area (Å²) >= 11 is 6.00. The van der Waals surface area contributed by atoms with E-state index in [9.17, 15) is 9.59 Å². The van der Waals surface area contributed by atoms with Crippen molar-refractivity contribution in [1.29, 1.82) is 0 Å². The molecule has 0 amide bonds. The van der Waals surface area contributed by atoms with Gasteiger partial charge in [0.1, 0.15) is 6.29 Å². The van der Waals surface area contributed by atoms with E-state index in [2.05, 4.69) is 0 Å². The van der Waals surface area contributed by atoms with Crippen molar-refractivity contribution in [2.75, 3.05) is 0 Å². The predicted molar refractivity (Wildman–Crippen MR) is 58.6 cm³/mol. The third-order valence-electron chi connectivity index (χ3n) is 2.47. The Balaban J connectivity index is 3.04. The zero-order chi connectivity index (χ0) is 11.2. The third kappa shape index (κ3) is 1.29. The Morgan fingerprint density at radius 2 is 1.93 bits per heavy atom. The summed E-state index contributed by atoms with van der Waals surface area (Å²) in [4.78, 5) is 22.3. The highest BCUT2D eigenvalue weighted by Crippen LogP contribution is 2.23. The molecule has 0 bridgehead atoms. The number of nitrogens with zero attached hydrogens (tertiary/aromatic N) is 2. The first-order valence-corrected chi connectivity index (χ1v) is 4.74. The van der Waals surface area contributed by atoms with Crippen LogP contribution in [0.15, 0.2) is 16.9 Å². The second-order valence-electron chi connectivity index (χ2n) is 3.39. The van der Waals surface area contributed by atoms with Crippen LogP contribution in [0.3, 0.4) is 0 Å². The zero-order valence-electron chi connectivity index (χ0n) is 8.32. The van der Waals surface area contributed by atoms with Gasteiger partial charge in [0.2, 0.25) is 0 Å². The fraction of sp³-hybridized carbons (Fsp3) is 0.200. The Morgan fingerprint density at radius 3 is 2.53 bits per heavy atom. The highest BCUT2D eigenvalue weighted by molar-refractivity contribution is 6.35. The van der Waals surface area contributed by atoms with E-state index in [1.54, 1.807) is 26.2 Å². The first-order valence-electron chi connectivity index (χ1n) is 4.36. The van der Waals surface area contributed by atoms with Crippen LogP contribution < -0.4 is 5.69 Å². The van der Waals surface area contributed by atoms with Crippen molar-refractivity contribution in [2.45, 2.75) is 0 Å². The van der Waals surface area contributed by atoms with E-state index >= 15 is 0 Å². The molecule has 5 heteroatoms. The summed E-state index contributed by atoms with van der Waals surface area (Å²) in [6, 6.07) is 3.20. The number of aldehydes is 1. The average Bonchev–Trinajstić information content (AvgIpc) is 2.44. The molecule has 0 saturated carbocycles. The number of aromatic nitrogens is 2. The molecule has 0 atom stereocenters. The van der Waals surface area contributed by atoms with Crippen molar-refractivity contribution in [3.8, 4) is 0 Å². The molecule has 0 saturated heterocycles. The first kappa shape index (κ1) is 9.98. The molecule has 4 nitrogen and oxygen atoms in total. The summed E-state index contributed by atoms with van der Waals surface area (Å²) < 4.78 is 2.93. The van der Waals surface area contributed by atoms with Gasteiger partial charge in [0.05, 0.1) is 16.1 Å². The summed E-state index contributed by atoms with van der Waals surface area (Å²) in [7, 11) is 3.30. The molecule has 0 aliphatic carbocycles. The fourth-order valence-electron chi connectivity index (χ4n) is 1.68. The van der Waals surface area contributed by atoms with Gasteiger partial charge in [0.15, 0.2) is 0 Å². The van der Waals surface area contributed by atoms with Gasteiger partial charge < -0.3 is 0 Å². The maximum atomic E-state index is 11.6. The quantitative estimate of drug-likeness (QED) is 0.687. The minimum Gasteiger partial charge on any atom is -0.298 e. The highest BCUT2D eigenvalue weighted by atomic mass is 35.5. The van der Waals surface area contributed by atoms with E-state index in [4.69, 9.17) is 11.6 Å². The number of carbonyl (C=O) groups excluding carboxylic acids is 1. The maximum absolute atomic E-state index is 11.6. The van der Waals surface area contributed by atoms with Crippen LogP contribution >= 0.6 is 11.6 Å². The minimum atomic E-state index is -0.157. The van der Waals surface area contributed by atoms with Crippen LogP contribution in [0.5, 0.6) is 0 Å². The van der Waals surface area contributed by atoms with Crippen molar-refractivity contribution >= 4 is 28.9 Å². The molecule has 0 unspecified atom stereocenters. The molecular formula is C10H9ClN2O2. The van der Waals surface area contributed by atoms with Crippen molar-refractivity contribution < 1.29 is 4.79 Å². The lowest BCUT2D eigenvalue weighted by Gasteiger charge is -1.99. The third-order valence-corrected chi connectivity index (χ3v) is 2.76. The molecule has 0 aliphatic heterocycles. The number of carbonyl (C=O) groups is 1. The second kappa shape index (κ2) is 3.24. The van der Waals surface area contributed by atoms with E-state index in [1.807, 2.05) is 0 Å². The summed E-state index contributed by atoms with van der Waals surface area (Å²) in [6.07, 6.45) is 0.711. The van der Waals surface area contributed by atoms with Gasteiger partial charge >= 0.3 is 5.69 Å². The van der Waals surface area contributed by atoms with E-state index in [0.717, 1.165) is 0 Å². The molecule has 15 heavy (non-hydrogen) atoms. The van der Waals surface area contributed by atoms with Crippen LogP contribution in [-0.2, 0) is 14.1 Å². The molecule has 0 aliphatic rings. The highest BCUT2D eigenvalue weighted by Gasteiger charge is 2.11. The van der Waals surface area contributed by atoms with E-state index < -0.39 is 0 Å². The predicted octanol–water partition coefficient (Wildman–Crippen LogP) is 1.34. The number of aryl methyl sites for hydroxylation is 2. The number of hydrogen-bond donors (Lipinski definition) is 0. The van der Waals surface area contributed by atoms with E-state index in [1.165, 1.54) is 9.13 Å². The molecular weight excluding hydrogens is 216 g/mol. The van der Waals surface area contributed by atoms with Gasteiger partial charge in [-0.05, 0) is 12.1 Å². The Hall–Kier alpha value is -1.55. The summed E-state index contributed by atoms with van der Waals surface area (Å²) in [5.74, 6) is 0. The number of fused-ring (bicyclic) bond motifs is 1. The zero-order valence-corrected chi connectivity index (χ0v) is 9.08. The standard InChI is InChI=1S/C10H9ClN2O2/c1-12-8-4-6(5-14)3-7(11)9(8)13(2)10(12)15/h3-5H,1-2H3. The lowest BCUT2D eigenvalue weighted by atomic mass is 10.2. The topological polar surface area (TPSA) is 44.0 Å². The van der Waals surface area contributed by atoms with Crippen LogP contribution in [-0.4, -0.2) is 15.4 Å². The Labute approximate surface area is 90.7 Å². The lowest BCUT2D eigenvalue weighted by Crippen LogP contribution is -2.19. The number of hydrogen-bond acceptors (Lipinski definition) is 2. The molecule has 0 fully saturated rings. The lowest BCUT2D eigenvalue weighted by molar-refractivity contribution is 0.112. The molecule has 78 valence electrons. The Bertz CT molecular complexity index is 610. The van der Waals surface area contributed by atoms with E-state index in [0.29, 0.717) is 27.9 Å². The van der Waals surface area contributed by atoms with Crippen LogP contribution in [0.4, 0.5) is 0 Å². The van der Waals surface area contributed by atoms with Crippen LogP contribution in [0.25, 0.3) is 11.0 Å². The molecule has 2 aromatic rings. The number of imidazole rings is 1. The van der Waals surface area contributed by atoms with Gasteiger partial charge in [-0.2, -0.15) is 0 Å². The van der Waals surface area contributed by atoms with Gasteiger partial charge in [-0.25, -0.2) is 4.79 Å². The maximum Gasteiger partial charge on any atom is 0.328 e. The molecule has 1 aromatic carbocycles. The van der Waals surface area contributed by atoms with Gasteiger partial charge in [-0.1, -0.05) is 11.6 Å². The monoisotopic (exact) mass is 224 g/mol. The summed E-state index contributed by atoms with van der Waals surface area (Å²) in [5.41, 5.74) is 1.62. The van der Waals surface area contributed by atoms with Crippen LogP contribution in [0, 0.1) is 0 Å². The normalized spacial score (nSPS) is 10.9. The van der Waals surface area contributed by atoms with Crippen molar-refractivity contribution in [2.24, 2.45) is 14.1 Å². The molecule has 0 radical (unpaired) electrons.